The van der Waals surface area contributed by atoms with E-state index in [0.29, 0.717) is 10.2 Å². The highest BCUT2D eigenvalue weighted by Gasteiger charge is 2.21. The lowest BCUT2D eigenvalue weighted by Crippen LogP contribution is -2.16. The van der Waals surface area contributed by atoms with Crippen LogP contribution in [0.15, 0.2) is 21.4 Å². The van der Waals surface area contributed by atoms with Gasteiger partial charge in [-0.1, -0.05) is 0 Å². The van der Waals surface area contributed by atoms with Gasteiger partial charge in [0.05, 0.1) is 11.6 Å². The van der Waals surface area contributed by atoms with Gasteiger partial charge in [-0.3, -0.25) is 4.79 Å². The number of rotatable bonds is 2. The largest absolute Gasteiger partial charge is 0.507 e. The Balaban J connectivity index is 2.98. The summed E-state index contributed by atoms with van der Waals surface area (Å²) in [6, 6.07) is 6.32. The van der Waals surface area contributed by atoms with Gasteiger partial charge in [0.2, 0.25) is 0 Å². The minimum absolute atomic E-state index is 0.0328. The maximum atomic E-state index is 11.9. The molecule has 0 atom stereocenters. The molecule has 8 heteroatoms. The Morgan fingerprint density at radius 3 is 2.50 bits per heavy atom. The molecule has 0 saturated heterocycles. The van der Waals surface area contributed by atoms with Crippen molar-refractivity contribution in [3.63, 3.8) is 0 Å². The van der Waals surface area contributed by atoms with E-state index in [0.717, 1.165) is 0 Å². The molecule has 0 aliphatic heterocycles. The molecule has 0 unspecified atom stereocenters. The van der Waals surface area contributed by atoms with Gasteiger partial charge in [0, 0.05) is 11.1 Å². The van der Waals surface area contributed by atoms with Crippen molar-refractivity contribution in [1.29, 1.82) is 10.5 Å². The Morgan fingerprint density at radius 1 is 1.32 bits per heavy atom. The number of anilines is 1. The van der Waals surface area contributed by atoms with E-state index in [1.54, 1.807) is 6.07 Å². The summed E-state index contributed by atoms with van der Waals surface area (Å²) in [7, 11) is 1.42. The number of nitriles is 2. The van der Waals surface area contributed by atoms with Crippen LogP contribution in [0.25, 0.3) is 11.1 Å². The first kappa shape index (κ1) is 15.4. The minimum atomic E-state index is -0.740. The average molecular weight is 361 g/mol. The molecule has 22 heavy (non-hydrogen) atoms. The van der Waals surface area contributed by atoms with Gasteiger partial charge in [0.15, 0.2) is 0 Å². The van der Waals surface area contributed by atoms with Crippen LogP contribution in [0, 0.1) is 22.7 Å². The normalized spacial score (nSPS) is 9.82. The number of pyridine rings is 1. The number of ether oxygens (including phenoxy) is 1. The van der Waals surface area contributed by atoms with Crippen molar-refractivity contribution in [3.05, 3.63) is 38.1 Å². The quantitative estimate of drug-likeness (QED) is 0.747. The Labute approximate surface area is 133 Å². The van der Waals surface area contributed by atoms with Gasteiger partial charge < -0.3 is 20.6 Å². The lowest BCUT2D eigenvalue weighted by atomic mass is 9.95. The van der Waals surface area contributed by atoms with Gasteiger partial charge in [-0.25, -0.2) is 0 Å². The Hall–Kier alpha value is -2.97. The second-order valence-electron chi connectivity index (χ2n) is 4.22. The van der Waals surface area contributed by atoms with E-state index in [9.17, 15) is 20.4 Å². The van der Waals surface area contributed by atoms with Gasteiger partial charge >= 0.3 is 0 Å². The third-order valence-electron chi connectivity index (χ3n) is 3.01. The van der Waals surface area contributed by atoms with Crippen molar-refractivity contribution in [2.24, 2.45) is 0 Å². The molecule has 2 rings (SSSR count). The van der Waals surface area contributed by atoms with Crippen LogP contribution in [-0.4, -0.2) is 17.2 Å². The van der Waals surface area contributed by atoms with Gasteiger partial charge in [-0.05, 0) is 28.1 Å². The third kappa shape index (κ3) is 2.36. The van der Waals surface area contributed by atoms with Crippen LogP contribution in [0.4, 0.5) is 5.82 Å². The van der Waals surface area contributed by atoms with Crippen LogP contribution in [0.5, 0.6) is 11.5 Å². The number of benzene rings is 1. The number of hydrogen-bond donors (Lipinski definition) is 3. The number of aromatic hydroxyl groups is 1. The molecule has 1 heterocycles. The molecule has 0 aliphatic rings. The van der Waals surface area contributed by atoms with Crippen LogP contribution < -0.4 is 16.0 Å². The molecule has 2 aromatic rings. The maximum Gasteiger partial charge on any atom is 0.268 e. The van der Waals surface area contributed by atoms with Crippen LogP contribution in [0.2, 0.25) is 0 Å². The number of methoxy groups -OCH3 is 1. The standard InChI is InChI=1S/C14H9BrN4O3/c1-22-11-2-6(10(20)3-9(11)15)12-7(4-16)13(18)19-14(21)8(12)5-17/h2-3,20H,1H3,(H3,18,19,21). The number of halogens is 1. The van der Waals surface area contributed by atoms with Gasteiger partial charge in [0.25, 0.3) is 5.56 Å². The summed E-state index contributed by atoms with van der Waals surface area (Å²) in [6.45, 7) is 0. The molecule has 0 amide bonds. The molecule has 0 fully saturated rings. The van der Waals surface area contributed by atoms with Crippen LogP contribution in [0.3, 0.4) is 0 Å². The topological polar surface area (TPSA) is 136 Å². The van der Waals surface area contributed by atoms with Crippen molar-refractivity contribution < 1.29 is 9.84 Å². The zero-order chi connectivity index (χ0) is 16.4. The Kier molecular flexibility index (Phi) is 4.06. The lowest BCUT2D eigenvalue weighted by molar-refractivity contribution is 0.410. The molecule has 7 nitrogen and oxygen atoms in total. The first-order chi connectivity index (χ1) is 10.4. The molecule has 0 aliphatic carbocycles. The summed E-state index contributed by atoms with van der Waals surface area (Å²) in [5.74, 6) is -0.0482. The molecule has 4 N–H and O–H groups in total. The summed E-state index contributed by atoms with van der Waals surface area (Å²) >= 11 is 3.21. The summed E-state index contributed by atoms with van der Waals surface area (Å²) in [4.78, 5) is 14.1. The molecular weight excluding hydrogens is 352 g/mol. The molecule has 0 bridgehead atoms. The number of H-pyrrole nitrogens is 1. The highest BCUT2D eigenvalue weighted by Crippen LogP contribution is 2.40. The van der Waals surface area contributed by atoms with Gasteiger partial charge in [0.1, 0.15) is 40.6 Å². The molecule has 1 aromatic heterocycles. The Bertz CT molecular complexity index is 906. The number of aromatic nitrogens is 1. The predicted molar refractivity (Wildman–Crippen MR) is 82.3 cm³/mol. The third-order valence-corrected chi connectivity index (χ3v) is 3.63. The van der Waals surface area contributed by atoms with E-state index in [-0.39, 0.29) is 33.8 Å². The SMILES string of the molecule is COc1cc(-c2c(C#N)c(N)[nH]c(=O)c2C#N)c(O)cc1Br. The second kappa shape index (κ2) is 5.80. The summed E-state index contributed by atoms with van der Waals surface area (Å²) in [6.07, 6.45) is 0. The van der Waals surface area contributed by atoms with Crippen molar-refractivity contribution in [1.82, 2.24) is 4.98 Å². The zero-order valence-corrected chi connectivity index (χ0v) is 12.9. The second-order valence-corrected chi connectivity index (χ2v) is 5.07. The number of nitrogens with one attached hydrogen (secondary N) is 1. The number of nitrogen functional groups attached to an aromatic ring is 1. The smallest absolute Gasteiger partial charge is 0.268 e. The average Bonchev–Trinajstić information content (AvgIpc) is 2.47. The van der Waals surface area contributed by atoms with E-state index >= 15 is 0 Å². The number of phenols is 1. The van der Waals surface area contributed by atoms with Crippen LogP contribution in [0.1, 0.15) is 11.1 Å². The van der Waals surface area contributed by atoms with Crippen molar-refractivity contribution in [3.8, 4) is 34.8 Å². The molecule has 110 valence electrons. The van der Waals surface area contributed by atoms with Gasteiger partial charge in [-0.15, -0.1) is 0 Å². The van der Waals surface area contributed by atoms with Crippen molar-refractivity contribution in [2.45, 2.75) is 0 Å². The zero-order valence-electron chi connectivity index (χ0n) is 11.3. The van der Waals surface area contributed by atoms with Gasteiger partial charge in [-0.2, -0.15) is 10.5 Å². The molecular formula is C14H9BrN4O3. The first-order valence-electron chi connectivity index (χ1n) is 5.87. The fourth-order valence-electron chi connectivity index (χ4n) is 2.01. The van der Waals surface area contributed by atoms with E-state index in [2.05, 4.69) is 20.9 Å². The van der Waals surface area contributed by atoms with E-state index in [1.807, 2.05) is 6.07 Å². The number of nitrogens with two attached hydrogens (primary N) is 1. The Morgan fingerprint density at radius 2 is 1.95 bits per heavy atom. The van der Waals surface area contributed by atoms with E-state index in [4.69, 9.17) is 10.5 Å². The summed E-state index contributed by atoms with van der Waals surface area (Å²) in [5, 5.41) is 28.6. The fraction of sp³-hybridized carbons (Fsp3) is 0.0714. The maximum absolute atomic E-state index is 11.9. The highest BCUT2D eigenvalue weighted by atomic mass is 79.9. The monoisotopic (exact) mass is 360 g/mol. The lowest BCUT2D eigenvalue weighted by Gasteiger charge is -2.12. The van der Waals surface area contributed by atoms with Crippen molar-refractivity contribution in [2.75, 3.05) is 12.8 Å². The minimum Gasteiger partial charge on any atom is -0.507 e. The molecule has 1 aromatic carbocycles. The molecule has 0 spiro atoms. The molecule has 0 radical (unpaired) electrons. The summed E-state index contributed by atoms with van der Waals surface area (Å²) in [5.41, 5.74) is 4.55. The number of aromatic amines is 1. The number of hydrogen-bond acceptors (Lipinski definition) is 6. The van der Waals surface area contributed by atoms with Crippen molar-refractivity contribution >= 4 is 21.7 Å². The van der Waals surface area contributed by atoms with Crippen LogP contribution in [-0.2, 0) is 0 Å². The predicted octanol–water partition coefficient (Wildman–Crippen LogP) is 1.84. The molecule has 0 saturated carbocycles. The first-order valence-corrected chi connectivity index (χ1v) is 6.66. The highest BCUT2D eigenvalue weighted by molar-refractivity contribution is 9.10. The van der Waals surface area contributed by atoms with E-state index in [1.165, 1.54) is 19.2 Å². The fourth-order valence-corrected chi connectivity index (χ4v) is 2.51. The summed E-state index contributed by atoms with van der Waals surface area (Å²) < 4.78 is 5.61. The van der Waals surface area contributed by atoms with Crippen LogP contribution >= 0.6 is 15.9 Å². The number of phenolic OH excluding ortho intramolecular Hbond substituents is 1. The van der Waals surface area contributed by atoms with E-state index < -0.39 is 5.56 Å². The number of nitrogens with zero attached hydrogens (tertiary/aromatic N) is 2.